The van der Waals surface area contributed by atoms with Gasteiger partial charge in [-0.15, -0.1) is 0 Å². The van der Waals surface area contributed by atoms with Crippen molar-refractivity contribution < 1.29 is 19.0 Å². The van der Waals surface area contributed by atoms with Gasteiger partial charge in [0.25, 0.3) is 0 Å². The zero-order valence-electron chi connectivity index (χ0n) is 11.0. The first-order valence-electron chi connectivity index (χ1n) is 6.22. The predicted octanol–water partition coefficient (Wildman–Crippen LogP) is 3.67. The van der Waals surface area contributed by atoms with Crippen molar-refractivity contribution in [2.75, 3.05) is 18.5 Å². The zero-order valence-corrected chi connectivity index (χ0v) is 11.7. The zero-order chi connectivity index (χ0) is 15.2. The molecule has 2 aromatic rings. The summed E-state index contributed by atoms with van der Waals surface area (Å²) in [6.45, 7) is 0.650. The van der Waals surface area contributed by atoms with E-state index in [1.54, 1.807) is 18.2 Å². The molecule has 0 amide bonds. The lowest BCUT2D eigenvalue weighted by Crippen LogP contribution is -2.13. The summed E-state index contributed by atoms with van der Waals surface area (Å²) >= 11 is 5.87. The first-order chi connectivity index (χ1) is 10.1. The number of halogens is 2. The van der Waals surface area contributed by atoms with Crippen molar-refractivity contribution in [3.63, 3.8) is 0 Å². The van der Waals surface area contributed by atoms with Gasteiger partial charge in [0, 0.05) is 6.54 Å². The number of carboxylic acid groups (broad SMARTS) is 1. The highest BCUT2D eigenvalue weighted by Crippen LogP contribution is 2.22. The molecule has 0 aromatic heterocycles. The summed E-state index contributed by atoms with van der Waals surface area (Å²) in [5, 5.41) is 12.3. The summed E-state index contributed by atoms with van der Waals surface area (Å²) < 4.78 is 18.3. The van der Waals surface area contributed by atoms with Crippen molar-refractivity contribution in [3.8, 4) is 5.75 Å². The van der Waals surface area contributed by atoms with Crippen molar-refractivity contribution in [2.24, 2.45) is 0 Å². The van der Waals surface area contributed by atoms with Crippen LogP contribution in [0.5, 0.6) is 5.75 Å². The third-order valence-corrected chi connectivity index (χ3v) is 3.04. The Kier molecular flexibility index (Phi) is 5.00. The second kappa shape index (κ2) is 6.95. The molecule has 6 heteroatoms. The van der Waals surface area contributed by atoms with E-state index in [0.29, 0.717) is 18.0 Å². The molecule has 0 atom stereocenters. The molecule has 0 radical (unpaired) electrons. The van der Waals surface area contributed by atoms with E-state index in [-0.39, 0.29) is 17.2 Å². The van der Waals surface area contributed by atoms with Crippen LogP contribution in [-0.2, 0) is 0 Å². The number of ether oxygens (including phenoxy) is 1. The summed E-state index contributed by atoms with van der Waals surface area (Å²) in [5.74, 6) is -1.14. The van der Waals surface area contributed by atoms with Crippen molar-refractivity contribution in [1.82, 2.24) is 0 Å². The molecular formula is C15H13ClFNO3. The standard InChI is InChI=1S/C15H13ClFNO3/c16-12-9-10(17)5-6-13(12)18-7-8-21-14-4-2-1-3-11(14)15(19)20/h1-6,9,18H,7-8H2,(H,19,20). The normalized spacial score (nSPS) is 10.2. The van der Waals surface area contributed by atoms with E-state index >= 15 is 0 Å². The van der Waals surface area contributed by atoms with Crippen molar-refractivity contribution >= 4 is 23.3 Å². The van der Waals surface area contributed by atoms with Gasteiger partial charge >= 0.3 is 5.97 Å². The molecule has 0 heterocycles. The Bertz CT molecular complexity index is 649. The number of carboxylic acids is 1. The summed E-state index contributed by atoms with van der Waals surface area (Å²) in [4.78, 5) is 11.0. The van der Waals surface area contributed by atoms with Gasteiger partial charge in [-0.2, -0.15) is 0 Å². The van der Waals surface area contributed by atoms with Gasteiger partial charge in [-0.25, -0.2) is 9.18 Å². The molecule has 0 unspecified atom stereocenters. The Morgan fingerprint density at radius 3 is 2.76 bits per heavy atom. The molecule has 21 heavy (non-hydrogen) atoms. The van der Waals surface area contributed by atoms with Crippen LogP contribution in [0.3, 0.4) is 0 Å². The maximum absolute atomic E-state index is 12.9. The lowest BCUT2D eigenvalue weighted by molar-refractivity contribution is 0.0692. The quantitative estimate of drug-likeness (QED) is 0.799. The van der Waals surface area contributed by atoms with Crippen LogP contribution in [0, 0.1) is 5.82 Å². The van der Waals surface area contributed by atoms with Gasteiger partial charge in [0.15, 0.2) is 0 Å². The lowest BCUT2D eigenvalue weighted by atomic mass is 10.2. The second-order valence-corrected chi connectivity index (χ2v) is 4.61. The fraction of sp³-hybridized carbons (Fsp3) is 0.133. The Morgan fingerprint density at radius 2 is 2.05 bits per heavy atom. The first kappa shape index (κ1) is 15.1. The molecule has 0 fully saturated rings. The van der Waals surface area contributed by atoms with Crippen molar-refractivity contribution in [2.45, 2.75) is 0 Å². The van der Waals surface area contributed by atoms with E-state index < -0.39 is 11.8 Å². The van der Waals surface area contributed by atoms with Crippen LogP contribution >= 0.6 is 11.6 Å². The van der Waals surface area contributed by atoms with Gasteiger partial charge in [0.1, 0.15) is 23.7 Å². The summed E-state index contributed by atoms with van der Waals surface area (Å²) in [6.07, 6.45) is 0. The van der Waals surface area contributed by atoms with Gasteiger partial charge in [-0.1, -0.05) is 23.7 Å². The van der Waals surface area contributed by atoms with Gasteiger partial charge in [-0.05, 0) is 30.3 Å². The number of hydrogen-bond acceptors (Lipinski definition) is 3. The Hall–Kier alpha value is -2.27. The molecule has 0 aliphatic heterocycles. The van der Waals surface area contributed by atoms with Crippen LogP contribution in [0.15, 0.2) is 42.5 Å². The molecule has 2 N–H and O–H groups in total. The molecule has 0 aliphatic rings. The second-order valence-electron chi connectivity index (χ2n) is 4.20. The third kappa shape index (κ3) is 4.10. The predicted molar refractivity (Wildman–Crippen MR) is 78.8 cm³/mol. The molecule has 0 aliphatic carbocycles. The Balaban J connectivity index is 1.89. The van der Waals surface area contributed by atoms with Crippen LogP contribution in [0.4, 0.5) is 10.1 Å². The number of rotatable bonds is 6. The van der Waals surface area contributed by atoms with Crippen LogP contribution in [0.2, 0.25) is 5.02 Å². The number of nitrogens with one attached hydrogen (secondary N) is 1. The molecule has 0 saturated carbocycles. The number of aromatic carboxylic acids is 1. The van der Waals surface area contributed by atoms with E-state index in [1.165, 1.54) is 24.3 Å². The highest BCUT2D eigenvalue weighted by atomic mass is 35.5. The van der Waals surface area contributed by atoms with E-state index in [0.717, 1.165) is 0 Å². The van der Waals surface area contributed by atoms with Crippen molar-refractivity contribution in [1.29, 1.82) is 0 Å². The minimum absolute atomic E-state index is 0.109. The van der Waals surface area contributed by atoms with Gasteiger partial charge < -0.3 is 15.2 Å². The number of para-hydroxylation sites is 1. The van der Waals surface area contributed by atoms with Crippen LogP contribution < -0.4 is 10.1 Å². The fourth-order valence-corrected chi connectivity index (χ4v) is 1.98. The summed E-state index contributed by atoms with van der Waals surface area (Å²) in [7, 11) is 0. The Labute approximate surface area is 126 Å². The molecular weight excluding hydrogens is 297 g/mol. The smallest absolute Gasteiger partial charge is 0.339 e. The number of benzene rings is 2. The highest BCUT2D eigenvalue weighted by molar-refractivity contribution is 6.33. The molecule has 4 nitrogen and oxygen atoms in total. The first-order valence-corrected chi connectivity index (χ1v) is 6.60. The number of anilines is 1. The summed E-state index contributed by atoms with van der Waals surface area (Å²) in [6, 6.07) is 10.4. The Morgan fingerprint density at radius 1 is 1.29 bits per heavy atom. The topological polar surface area (TPSA) is 58.6 Å². The van der Waals surface area contributed by atoms with E-state index in [9.17, 15) is 9.18 Å². The number of carbonyl (C=O) groups is 1. The average Bonchev–Trinajstić information content (AvgIpc) is 2.45. The molecule has 2 aromatic carbocycles. The maximum atomic E-state index is 12.9. The van der Waals surface area contributed by atoms with Crippen molar-refractivity contribution in [3.05, 3.63) is 58.9 Å². The van der Waals surface area contributed by atoms with Crippen LogP contribution in [0.1, 0.15) is 10.4 Å². The van der Waals surface area contributed by atoms with E-state index in [4.69, 9.17) is 21.4 Å². The van der Waals surface area contributed by atoms with E-state index in [2.05, 4.69) is 5.32 Å². The van der Waals surface area contributed by atoms with Crippen LogP contribution in [0.25, 0.3) is 0 Å². The minimum Gasteiger partial charge on any atom is -0.491 e. The SMILES string of the molecule is O=C(O)c1ccccc1OCCNc1ccc(F)cc1Cl. The average molecular weight is 310 g/mol. The largest absolute Gasteiger partial charge is 0.491 e. The van der Waals surface area contributed by atoms with Gasteiger partial charge in [0.05, 0.1) is 10.7 Å². The van der Waals surface area contributed by atoms with Gasteiger partial charge in [-0.3, -0.25) is 0 Å². The third-order valence-electron chi connectivity index (χ3n) is 2.72. The lowest BCUT2D eigenvalue weighted by Gasteiger charge is -2.11. The number of hydrogen-bond donors (Lipinski definition) is 2. The molecule has 110 valence electrons. The molecule has 0 spiro atoms. The van der Waals surface area contributed by atoms with Gasteiger partial charge in [0.2, 0.25) is 0 Å². The monoisotopic (exact) mass is 309 g/mol. The minimum atomic E-state index is -1.04. The molecule has 2 rings (SSSR count). The van der Waals surface area contributed by atoms with E-state index in [1.807, 2.05) is 0 Å². The molecule has 0 saturated heterocycles. The highest BCUT2D eigenvalue weighted by Gasteiger charge is 2.09. The molecule has 0 bridgehead atoms. The summed E-state index contributed by atoms with van der Waals surface area (Å²) in [5.41, 5.74) is 0.700. The van der Waals surface area contributed by atoms with Crippen LogP contribution in [-0.4, -0.2) is 24.2 Å². The maximum Gasteiger partial charge on any atom is 0.339 e. The fourth-order valence-electron chi connectivity index (χ4n) is 1.75.